The van der Waals surface area contributed by atoms with Crippen LogP contribution >= 0.6 is 23.1 Å². The van der Waals surface area contributed by atoms with Crippen molar-refractivity contribution >= 4 is 34.9 Å². The average Bonchev–Trinajstić information content (AvgIpc) is 3.47. The summed E-state index contributed by atoms with van der Waals surface area (Å²) in [6.07, 6.45) is 2.19. The molecule has 0 saturated carbocycles. The van der Waals surface area contributed by atoms with E-state index in [1.807, 2.05) is 39.6 Å². The molecule has 0 N–H and O–H groups in total. The van der Waals surface area contributed by atoms with Crippen molar-refractivity contribution in [3.63, 3.8) is 0 Å². The molecule has 8 heteroatoms. The van der Waals surface area contributed by atoms with Crippen LogP contribution in [-0.2, 0) is 11.3 Å². The molecular formula is C21H26N4O2S2. The van der Waals surface area contributed by atoms with Gasteiger partial charge in [0.2, 0.25) is 5.91 Å². The number of nitrogens with zero attached hydrogens (tertiary/aromatic N) is 4. The van der Waals surface area contributed by atoms with Crippen molar-refractivity contribution in [3.05, 3.63) is 46.4 Å². The minimum absolute atomic E-state index is 0.0648. The van der Waals surface area contributed by atoms with Crippen LogP contribution in [0.25, 0.3) is 0 Å². The number of amides is 2. The van der Waals surface area contributed by atoms with Crippen LogP contribution in [-0.4, -0.2) is 76.5 Å². The Bertz CT molecular complexity index is 829. The Kier molecular flexibility index (Phi) is 6.84. The lowest BCUT2D eigenvalue weighted by atomic mass is 10.2. The summed E-state index contributed by atoms with van der Waals surface area (Å²) < 4.78 is 0. The number of thiazole rings is 1. The van der Waals surface area contributed by atoms with E-state index >= 15 is 0 Å². The highest BCUT2D eigenvalue weighted by molar-refractivity contribution is 8.00. The lowest BCUT2D eigenvalue weighted by molar-refractivity contribution is -0.127. The van der Waals surface area contributed by atoms with E-state index in [9.17, 15) is 9.59 Å². The van der Waals surface area contributed by atoms with E-state index in [1.165, 1.54) is 11.8 Å². The van der Waals surface area contributed by atoms with Crippen LogP contribution in [0.3, 0.4) is 0 Å². The van der Waals surface area contributed by atoms with Gasteiger partial charge in [-0.25, -0.2) is 4.98 Å². The van der Waals surface area contributed by atoms with Gasteiger partial charge in [-0.05, 0) is 25.0 Å². The van der Waals surface area contributed by atoms with Gasteiger partial charge in [-0.2, -0.15) is 0 Å². The first-order chi connectivity index (χ1) is 14.2. The van der Waals surface area contributed by atoms with E-state index in [0.717, 1.165) is 56.2 Å². The fourth-order valence-corrected chi connectivity index (χ4v) is 5.29. The molecule has 0 radical (unpaired) electrons. The van der Waals surface area contributed by atoms with Crippen molar-refractivity contribution in [1.29, 1.82) is 0 Å². The molecule has 2 fully saturated rings. The second kappa shape index (κ2) is 9.73. The maximum atomic E-state index is 13.1. The molecule has 0 atom stereocenters. The number of thioether (sulfide) groups is 1. The highest BCUT2D eigenvalue weighted by Gasteiger charge is 2.25. The zero-order chi connectivity index (χ0) is 20.1. The number of likely N-dealkylation sites (tertiary alicyclic amines) is 1. The molecule has 29 heavy (non-hydrogen) atoms. The van der Waals surface area contributed by atoms with Crippen molar-refractivity contribution < 1.29 is 9.59 Å². The minimum atomic E-state index is 0.0648. The molecule has 154 valence electrons. The van der Waals surface area contributed by atoms with Gasteiger partial charge in [-0.3, -0.25) is 14.5 Å². The molecule has 2 amide bonds. The van der Waals surface area contributed by atoms with Crippen LogP contribution in [0.5, 0.6) is 0 Å². The minimum Gasteiger partial charge on any atom is -0.342 e. The summed E-state index contributed by atoms with van der Waals surface area (Å²) in [6, 6.07) is 7.67. The summed E-state index contributed by atoms with van der Waals surface area (Å²) in [4.78, 5) is 36.9. The van der Waals surface area contributed by atoms with Crippen LogP contribution in [0.15, 0.2) is 40.1 Å². The second-order valence-corrected chi connectivity index (χ2v) is 9.16. The standard InChI is InChI=1S/C21H26N4O2S2/c26-20(24-7-3-4-8-24)15-29-19-6-2-1-5-18(19)21(27)25-11-9-23(10-12-25)13-17-14-28-16-22-17/h1-2,5-6,14,16H,3-4,7-13,15H2. The van der Waals surface area contributed by atoms with E-state index in [1.54, 1.807) is 11.3 Å². The topological polar surface area (TPSA) is 56.8 Å². The first-order valence-corrected chi connectivity index (χ1v) is 12.0. The van der Waals surface area contributed by atoms with Crippen LogP contribution in [0.2, 0.25) is 0 Å². The number of carbonyl (C=O) groups excluding carboxylic acids is 2. The Morgan fingerprint density at radius 2 is 1.76 bits per heavy atom. The summed E-state index contributed by atoms with van der Waals surface area (Å²) in [5, 5.41) is 2.08. The predicted molar refractivity (Wildman–Crippen MR) is 116 cm³/mol. The number of rotatable bonds is 6. The van der Waals surface area contributed by atoms with Gasteiger partial charge in [0, 0.05) is 56.1 Å². The Morgan fingerprint density at radius 1 is 1.00 bits per heavy atom. The molecule has 3 heterocycles. The molecule has 0 spiro atoms. The lowest BCUT2D eigenvalue weighted by Crippen LogP contribution is -2.48. The maximum absolute atomic E-state index is 13.1. The summed E-state index contributed by atoms with van der Waals surface area (Å²) in [5.41, 5.74) is 3.66. The first-order valence-electron chi connectivity index (χ1n) is 10.1. The van der Waals surface area contributed by atoms with Gasteiger partial charge in [-0.1, -0.05) is 12.1 Å². The highest BCUT2D eigenvalue weighted by Crippen LogP contribution is 2.25. The molecular weight excluding hydrogens is 404 g/mol. The predicted octanol–water partition coefficient (Wildman–Crippen LogP) is 2.82. The van der Waals surface area contributed by atoms with Gasteiger partial charge in [0.25, 0.3) is 5.91 Å². The van der Waals surface area contributed by atoms with E-state index < -0.39 is 0 Å². The largest absolute Gasteiger partial charge is 0.342 e. The number of carbonyl (C=O) groups is 2. The van der Waals surface area contributed by atoms with Crippen molar-refractivity contribution in [2.45, 2.75) is 24.3 Å². The number of hydrogen-bond acceptors (Lipinski definition) is 6. The molecule has 2 aliphatic heterocycles. The molecule has 2 aromatic rings. The second-order valence-electron chi connectivity index (χ2n) is 7.42. The van der Waals surface area contributed by atoms with Crippen LogP contribution in [0.1, 0.15) is 28.9 Å². The SMILES string of the molecule is O=C(CSc1ccccc1C(=O)N1CCN(Cc2cscn2)CC1)N1CCCC1. The van der Waals surface area contributed by atoms with Gasteiger partial charge in [0.1, 0.15) is 0 Å². The first kappa shape index (κ1) is 20.4. The van der Waals surface area contributed by atoms with Gasteiger partial charge in [-0.15, -0.1) is 23.1 Å². The van der Waals surface area contributed by atoms with E-state index in [-0.39, 0.29) is 11.8 Å². The highest BCUT2D eigenvalue weighted by atomic mass is 32.2. The Labute approximate surface area is 179 Å². The summed E-state index contributed by atoms with van der Waals surface area (Å²) in [7, 11) is 0. The summed E-state index contributed by atoms with van der Waals surface area (Å²) in [6.45, 7) is 5.72. The number of piperazine rings is 1. The van der Waals surface area contributed by atoms with E-state index in [2.05, 4.69) is 15.3 Å². The third kappa shape index (κ3) is 5.18. The Balaban J connectivity index is 1.33. The fraction of sp³-hybridized carbons (Fsp3) is 0.476. The molecule has 0 aliphatic carbocycles. The molecule has 2 saturated heterocycles. The lowest BCUT2D eigenvalue weighted by Gasteiger charge is -2.34. The summed E-state index contributed by atoms with van der Waals surface area (Å²) >= 11 is 3.10. The number of benzene rings is 1. The van der Waals surface area contributed by atoms with E-state index in [0.29, 0.717) is 24.4 Å². The molecule has 1 aromatic carbocycles. The molecule has 2 aliphatic rings. The zero-order valence-electron chi connectivity index (χ0n) is 16.5. The Hall–Kier alpha value is -1.90. The van der Waals surface area contributed by atoms with Gasteiger partial charge < -0.3 is 9.80 Å². The third-order valence-corrected chi connectivity index (χ3v) is 7.15. The van der Waals surface area contributed by atoms with Crippen molar-refractivity contribution in [1.82, 2.24) is 19.7 Å². The quantitative estimate of drug-likeness (QED) is 0.660. The van der Waals surface area contributed by atoms with Gasteiger partial charge >= 0.3 is 0 Å². The smallest absolute Gasteiger partial charge is 0.255 e. The van der Waals surface area contributed by atoms with E-state index in [4.69, 9.17) is 0 Å². The Morgan fingerprint density at radius 3 is 2.48 bits per heavy atom. The number of hydrogen-bond donors (Lipinski definition) is 0. The van der Waals surface area contributed by atoms with Gasteiger partial charge in [0.05, 0.1) is 22.5 Å². The van der Waals surface area contributed by atoms with Crippen LogP contribution in [0, 0.1) is 0 Å². The third-order valence-electron chi connectivity index (χ3n) is 5.46. The fourth-order valence-electron chi connectivity index (χ4n) is 3.79. The maximum Gasteiger partial charge on any atom is 0.255 e. The van der Waals surface area contributed by atoms with Gasteiger partial charge in [0.15, 0.2) is 0 Å². The average molecular weight is 431 g/mol. The zero-order valence-corrected chi connectivity index (χ0v) is 18.1. The number of aromatic nitrogens is 1. The van der Waals surface area contributed by atoms with Crippen molar-refractivity contribution in [3.8, 4) is 0 Å². The summed E-state index contributed by atoms with van der Waals surface area (Å²) in [5.74, 6) is 0.631. The molecule has 4 rings (SSSR count). The van der Waals surface area contributed by atoms with Crippen molar-refractivity contribution in [2.75, 3.05) is 45.0 Å². The normalized spacial score (nSPS) is 17.7. The monoisotopic (exact) mass is 430 g/mol. The van der Waals surface area contributed by atoms with Crippen LogP contribution in [0.4, 0.5) is 0 Å². The molecule has 0 bridgehead atoms. The molecule has 0 unspecified atom stereocenters. The van der Waals surface area contributed by atoms with Crippen molar-refractivity contribution in [2.24, 2.45) is 0 Å². The van der Waals surface area contributed by atoms with Crippen LogP contribution < -0.4 is 0 Å². The molecule has 6 nitrogen and oxygen atoms in total. The molecule has 1 aromatic heterocycles.